The van der Waals surface area contributed by atoms with Gasteiger partial charge in [0.1, 0.15) is 11.6 Å². The normalized spacial score (nSPS) is 16.4. The molecule has 3 aromatic rings. The van der Waals surface area contributed by atoms with Crippen molar-refractivity contribution in [2.75, 3.05) is 18.0 Å². The average molecular weight is 524 g/mol. The summed E-state index contributed by atoms with van der Waals surface area (Å²) in [6.07, 6.45) is -4.40. The summed E-state index contributed by atoms with van der Waals surface area (Å²) in [4.78, 5) is 21.0. The number of hydrogen-bond donors (Lipinski definition) is 1. The van der Waals surface area contributed by atoms with E-state index < -0.39 is 50.7 Å². The lowest BCUT2D eigenvalue weighted by atomic mass is 10.00. The molecule has 0 bridgehead atoms. The van der Waals surface area contributed by atoms with Gasteiger partial charge >= 0.3 is 12.1 Å². The first-order chi connectivity index (χ1) is 16.8. The van der Waals surface area contributed by atoms with Crippen LogP contribution >= 0.6 is 0 Å². The second-order valence-electron chi connectivity index (χ2n) is 8.52. The summed E-state index contributed by atoms with van der Waals surface area (Å²) < 4.78 is 81.0. The van der Waals surface area contributed by atoms with Crippen LogP contribution in [0.25, 0.3) is 11.3 Å². The standard InChI is InChI=1S/C24H21F4N3O4S/c1-14-5-6-16(25)11-18(14)22-19(24(26,27)28)8-7-17(29-22)13-36(34,35)21-4-2-3-20(30-21)31-10-9-15(12-31)23(32)33/h2-8,11,15H,9-10,12-13H2,1H3,(H,32,33). The molecule has 0 amide bonds. The van der Waals surface area contributed by atoms with Gasteiger partial charge in [-0.05, 0) is 55.3 Å². The zero-order chi connectivity index (χ0) is 26.3. The van der Waals surface area contributed by atoms with E-state index >= 15 is 0 Å². The fraction of sp³-hybridized carbons (Fsp3) is 0.292. The van der Waals surface area contributed by atoms with Gasteiger partial charge in [0.25, 0.3) is 0 Å². The predicted octanol–water partition coefficient (Wildman–Crippen LogP) is 4.49. The van der Waals surface area contributed by atoms with Crippen LogP contribution in [0.3, 0.4) is 0 Å². The van der Waals surface area contributed by atoms with E-state index in [0.29, 0.717) is 18.5 Å². The molecule has 1 fully saturated rings. The van der Waals surface area contributed by atoms with Crippen LogP contribution in [0.5, 0.6) is 0 Å². The first kappa shape index (κ1) is 25.5. The molecule has 2 aromatic heterocycles. The molecule has 7 nitrogen and oxygen atoms in total. The first-order valence-electron chi connectivity index (χ1n) is 10.9. The summed E-state index contributed by atoms with van der Waals surface area (Å²) in [5.41, 5.74) is -1.59. The Morgan fingerprint density at radius 1 is 1.14 bits per heavy atom. The quantitative estimate of drug-likeness (QED) is 0.475. The van der Waals surface area contributed by atoms with Crippen molar-refractivity contribution in [2.24, 2.45) is 5.92 Å². The highest BCUT2D eigenvalue weighted by atomic mass is 32.2. The smallest absolute Gasteiger partial charge is 0.418 e. The number of aryl methyl sites for hydroxylation is 1. The highest BCUT2D eigenvalue weighted by Gasteiger charge is 2.35. The van der Waals surface area contributed by atoms with Crippen molar-refractivity contribution in [3.63, 3.8) is 0 Å². The highest BCUT2D eigenvalue weighted by Crippen LogP contribution is 2.38. The second-order valence-corrected chi connectivity index (χ2v) is 10.5. The minimum Gasteiger partial charge on any atom is -0.481 e. The summed E-state index contributed by atoms with van der Waals surface area (Å²) >= 11 is 0. The summed E-state index contributed by atoms with van der Waals surface area (Å²) in [7, 11) is -4.13. The van der Waals surface area contributed by atoms with Gasteiger partial charge in [-0.3, -0.25) is 9.78 Å². The monoisotopic (exact) mass is 523 g/mol. The van der Waals surface area contributed by atoms with E-state index in [1.165, 1.54) is 25.1 Å². The summed E-state index contributed by atoms with van der Waals surface area (Å²) in [5, 5.41) is 8.88. The van der Waals surface area contributed by atoms with Crippen molar-refractivity contribution in [2.45, 2.75) is 30.3 Å². The van der Waals surface area contributed by atoms with Gasteiger partial charge in [0.2, 0.25) is 9.84 Å². The van der Waals surface area contributed by atoms with Crippen LogP contribution in [-0.2, 0) is 26.6 Å². The van der Waals surface area contributed by atoms with Crippen LogP contribution in [0.2, 0.25) is 0 Å². The van der Waals surface area contributed by atoms with Crippen molar-refractivity contribution in [1.29, 1.82) is 0 Å². The zero-order valence-corrected chi connectivity index (χ0v) is 19.8. The number of pyridine rings is 2. The van der Waals surface area contributed by atoms with E-state index in [1.54, 1.807) is 11.0 Å². The van der Waals surface area contributed by atoms with Gasteiger partial charge in [-0.1, -0.05) is 12.1 Å². The fourth-order valence-electron chi connectivity index (χ4n) is 4.06. The molecule has 1 unspecified atom stereocenters. The third-order valence-corrected chi connectivity index (χ3v) is 7.48. The molecule has 4 rings (SSSR count). The topological polar surface area (TPSA) is 100 Å². The lowest BCUT2D eigenvalue weighted by Gasteiger charge is -2.18. The van der Waals surface area contributed by atoms with Crippen molar-refractivity contribution in [3.8, 4) is 11.3 Å². The van der Waals surface area contributed by atoms with Gasteiger partial charge in [-0.25, -0.2) is 17.8 Å². The molecule has 190 valence electrons. The van der Waals surface area contributed by atoms with Crippen molar-refractivity contribution in [3.05, 3.63) is 71.2 Å². The van der Waals surface area contributed by atoms with Gasteiger partial charge in [0.05, 0.1) is 28.6 Å². The number of carboxylic acids is 1. The Morgan fingerprint density at radius 2 is 1.89 bits per heavy atom. The van der Waals surface area contributed by atoms with E-state index in [9.17, 15) is 35.9 Å². The van der Waals surface area contributed by atoms with E-state index in [2.05, 4.69) is 9.97 Å². The average Bonchev–Trinajstić information content (AvgIpc) is 3.31. The summed E-state index contributed by atoms with van der Waals surface area (Å²) in [6, 6.07) is 9.34. The van der Waals surface area contributed by atoms with Crippen LogP contribution in [0.4, 0.5) is 23.4 Å². The number of benzene rings is 1. The maximum absolute atomic E-state index is 13.8. The molecular formula is C24H21F4N3O4S. The molecule has 0 radical (unpaired) electrons. The van der Waals surface area contributed by atoms with Crippen LogP contribution < -0.4 is 4.90 Å². The largest absolute Gasteiger partial charge is 0.481 e. The predicted molar refractivity (Wildman–Crippen MR) is 122 cm³/mol. The summed E-state index contributed by atoms with van der Waals surface area (Å²) in [6.45, 7) is 2.08. The Labute approximate surface area is 204 Å². The fourth-order valence-corrected chi connectivity index (χ4v) is 5.27. The Balaban J connectivity index is 1.68. The minimum atomic E-state index is -4.79. The number of sulfone groups is 1. The second kappa shape index (κ2) is 9.49. The first-order valence-corrected chi connectivity index (χ1v) is 12.5. The highest BCUT2D eigenvalue weighted by molar-refractivity contribution is 7.90. The Morgan fingerprint density at radius 3 is 2.56 bits per heavy atom. The molecule has 36 heavy (non-hydrogen) atoms. The van der Waals surface area contributed by atoms with Crippen LogP contribution in [0.1, 0.15) is 23.2 Å². The van der Waals surface area contributed by atoms with Gasteiger partial charge in [0.15, 0.2) is 5.03 Å². The summed E-state index contributed by atoms with van der Waals surface area (Å²) in [5.74, 6) is -2.74. The maximum Gasteiger partial charge on any atom is 0.418 e. The molecule has 3 heterocycles. The Bertz CT molecular complexity index is 1430. The number of aromatic nitrogens is 2. The molecule has 12 heteroatoms. The van der Waals surface area contributed by atoms with E-state index in [1.807, 2.05) is 0 Å². The van der Waals surface area contributed by atoms with Crippen LogP contribution in [0, 0.1) is 18.7 Å². The van der Waals surface area contributed by atoms with Gasteiger partial charge < -0.3 is 10.0 Å². The van der Waals surface area contributed by atoms with Crippen LogP contribution in [0.15, 0.2) is 53.6 Å². The number of rotatable bonds is 6. The van der Waals surface area contributed by atoms with E-state index in [0.717, 1.165) is 24.3 Å². The Kier molecular flexibility index (Phi) is 6.74. The lowest BCUT2D eigenvalue weighted by Crippen LogP contribution is -2.24. The number of aliphatic carboxylic acids is 1. The number of hydrogen-bond acceptors (Lipinski definition) is 6. The molecule has 1 N–H and O–H groups in total. The molecule has 1 saturated heterocycles. The number of anilines is 1. The van der Waals surface area contributed by atoms with Crippen molar-refractivity contribution < 1.29 is 35.9 Å². The molecule has 1 aromatic carbocycles. The molecule has 1 atom stereocenters. The van der Waals surface area contributed by atoms with Gasteiger partial charge in [-0.15, -0.1) is 0 Å². The molecule has 1 aliphatic rings. The molecule has 0 saturated carbocycles. The van der Waals surface area contributed by atoms with Gasteiger partial charge in [0, 0.05) is 18.7 Å². The number of nitrogens with zero attached hydrogens (tertiary/aromatic N) is 3. The third-order valence-electron chi connectivity index (χ3n) is 5.94. The maximum atomic E-state index is 13.8. The lowest BCUT2D eigenvalue weighted by molar-refractivity contribution is -0.141. The number of carbonyl (C=O) groups is 1. The molecule has 1 aliphatic heterocycles. The third kappa shape index (κ3) is 5.32. The van der Waals surface area contributed by atoms with Gasteiger partial charge in [-0.2, -0.15) is 13.2 Å². The SMILES string of the molecule is Cc1ccc(F)cc1-c1nc(CS(=O)(=O)c2cccc(N3CCC(C(=O)O)C3)n2)ccc1C(F)(F)F. The molecular weight excluding hydrogens is 502 g/mol. The van der Waals surface area contributed by atoms with Crippen LogP contribution in [-0.4, -0.2) is 42.6 Å². The van der Waals surface area contributed by atoms with E-state index in [4.69, 9.17) is 0 Å². The minimum absolute atomic E-state index is 0.0938. The van der Waals surface area contributed by atoms with Crippen molar-refractivity contribution >= 4 is 21.6 Å². The zero-order valence-electron chi connectivity index (χ0n) is 19.0. The Hall–Kier alpha value is -3.54. The number of halogens is 4. The van der Waals surface area contributed by atoms with E-state index in [-0.39, 0.29) is 28.6 Å². The molecule has 0 aliphatic carbocycles. The number of alkyl halides is 3. The molecule has 0 spiro atoms. The number of carboxylic acid groups (broad SMARTS) is 1. The van der Waals surface area contributed by atoms with Crippen molar-refractivity contribution in [1.82, 2.24) is 9.97 Å².